The zero-order valence-corrected chi connectivity index (χ0v) is 11.7. The number of rotatable bonds is 7. The monoisotopic (exact) mass is 266 g/mol. The van der Waals surface area contributed by atoms with Gasteiger partial charge in [0.25, 0.3) is 5.91 Å². The Morgan fingerprint density at radius 1 is 1.26 bits per heavy atom. The summed E-state index contributed by atoms with van der Waals surface area (Å²) in [4.78, 5) is 11.6. The van der Waals surface area contributed by atoms with Crippen LogP contribution in [0.15, 0.2) is 24.3 Å². The summed E-state index contributed by atoms with van der Waals surface area (Å²) >= 11 is 0. The Morgan fingerprint density at radius 3 is 2.32 bits per heavy atom. The SMILES string of the molecule is CCCOc1ccc(OC(C(=O)NN)C(C)C)cc1. The molecule has 1 unspecified atom stereocenters. The van der Waals surface area contributed by atoms with Crippen LogP contribution in [-0.2, 0) is 4.79 Å². The van der Waals surface area contributed by atoms with Gasteiger partial charge in [-0.05, 0) is 36.6 Å². The summed E-state index contributed by atoms with van der Waals surface area (Å²) in [5.41, 5.74) is 2.12. The van der Waals surface area contributed by atoms with E-state index in [0.29, 0.717) is 12.4 Å². The highest BCUT2D eigenvalue weighted by atomic mass is 16.5. The van der Waals surface area contributed by atoms with Crippen LogP contribution in [0.3, 0.4) is 0 Å². The number of nitrogens with two attached hydrogens (primary N) is 1. The first-order valence-electron chi connectivity index (χ1n) is 6.48. The van der Waals surface area contributed by atoms with Crippen LogP contribution in [0, 0.1) is 5.92 Å². The van der Waals surface area contributed by atoms with Crippen LogP contribution in [0.2, 0.25) is 0 Å². The molecule has 0 heterocycles. The van der Waals surface area contributed by atoms with Crippen LogP contribution in [-0.4, -0.2) is 18.6 Å². The van der Waals surface area contributed by atoms with Gasteiger partial charge in [0.15, 0.2) is 6.10 Å². The third kappa shape index (κ3) is 4.79. The van der Waals surface area contributed by atoms with Gasteiger partial charge < -0.3 is 9.47 Å². The van der Waals surface area contributed by atoms with Crippen molar-refractivity contribution in [3.63, 3.8) is 0 Å². The molecule has 0 aliphatic carbocycles. The topological polar surface area (TPSA) is 73.6 Å². The molecular weight excluding hydrogens is 244 g/mol. The fourth-order valence-corrected chi connectivity index (χ4v) is 1.56. The molecule has 19 heavy (non-hydrogen) atoms. The van der Waals surface area contributed by atoms with Crippen molar-refractivity contribution in [3.8, 4) is 11.5 Å². The van der Waals surface area contributed by atoms with Crippen molar-refractivity contribution in [3.05, 3.63) is 24.3 Å². The molecule has 0 saturated carbocycles. The van der Waals surface area contributed by atoms with E-state index in [9.17, 15) is 4.79 Å². The summed E-state index contributed by atoms with van der Waals surface area (Å²) in [6, 6.07) is 7.21. The molecule has 0 fully saturated rings. The predicted molar refractivity (Wildman–Crippen MR) is 73.8 cm³/mol. The van der Waals surface area contributed by atoms with E-state index in [1.165, 1.54) is 0 Å². The Kier molecular flexibility index (Phi) is 6.15. The van der Waals surface area contributed by atoms with E-state index in [4.69, 9.17) is 15.3 Å². The standard InChI is InChI=1S/C14H22N2O3/c1-4-9-18-11-5-7-12(8-6-11)19-13(10(2)3)14(17)16-15/h5-8,10,13H,4,9,15H2,1-3H3,(H,16,17). The highest BCUT2D eigenvalue weighted by molar-refractivity contribution is 5.80. The molecule has 1 amide bonds. The largest absolute Gasteiger partial charge is 0.494 e. The minimum atomic E-state index is -0.604. The van der Waals surface area contributed by atoms with E-state index in [2.05, 4.69) is 12.3 Å². The Morgan fingerprint density at radius 2 is 1.84 bits per heavy atom. The predicted octanol–water partition coefficient (Wildman–Crippen LogP) is 1.87. The second-order valence-electron chi connectivity index (χ2n) is 4.61. The molecule has 0 aliphatic heterocycles. The molecule has 0 aliphatic rings. The van der Waals surface area contributed by atoms with Gasteiger partial charge in [0.1, 0.15) is 11.5 Å². The number of hydrogen-bond donors (Lipinski definition) is 2. The Labute approximate surface area is 114 Å². The van der Waals surface area contributed by atoms with E-state index in [1.807, 2.05) is 26.0 Å². The van der Waals surface area contributed by atoms with Crippen molar-refractivity contribution in [2.45, 2.75) is 33.3 Å². The summed E-state index contributed by atoms with van der Waals surface area (Å²) in [5, 5.41) is 0. The van der Waals surface area contributed by atoms with E-state index >= 15 is 0 Å². The van der Waals surface area contributed by atoms with Crippen LogP contribution in [0.25, 0.3) is 0 Å². The number of carbonyl (C=O) groups is 1. The van der Waals surface area contributed by atoms with Gasteiger partial charge in [-0.25, -0.2) is 5.84 Å². The average molecular weight is 266 g/mol. The average Bonchev–Trinajstić information content (AvgIpc) is 2.42. The van der Waals surface area contributed by atoms with Gasteiger partial charge in [-0.1, -0.05) is 20.8 Å². The lowest BCUT2D eigenvalue weighted by atomic mass is 10.1. The van der Waals surface area contributed by atoms with Crippen molar-refractivity contribution < 1.29 is 14.3 Å². The lowest BCUT2D eigenvalue weighted by molar-refractivity contribution is -0.129. The third-order valence-corrected chi connectivity index (χ3v) is 2.57. The summed E-state index contributed by atoms with van der Waals surface area (Å²) in [6.07, 6.45) is 0.358. The van der Waals surface area contributed by atoms with Gasteiger partial charge in [-0.3, -0.25) is 10.2 Å². The molecule has 5 nitrogen and oxygen atoms in total. The molecule has 1 aromatic rings. The molecule has 1 rings (SSSR count). The third-order valence-electron chi connectivity index (χ3n) is 2.57. The zero-order valence-electron chi connectivity index (χ0n) is 11.7. The quantitative estimate of drug-likeness (QED) is 0.449. The summed E-state index contributed by atoms with van der Waals surface area (Å²) < 4.78 is 11.1. The van der Waals surface area contributed by atoms with E-state index in [-0.39, 0.29) is 11.8 Å². The number of nitrogens with one attached hydrogen (secondary N) is 1. The molecule has 0 radical (unpaired) electrons. The highest BCUT2D eigenvalue weighted by Gasteiger charge is 2.23. The lowest BCUT2D eigenvalue weighted by Crippen LogP contribution is -2.44. The van der Waals surface area contributed by atoms with Gasteiger partial charge in [-0.2, -0.15) is 0 Å². The Hall–Kier alpha value is -1.75. The van der Waals surface area contributed by atoms with Crippen LogP contribution < -0.4 is 20.7 Å². The van der Waals surface area contributed by atoms with Crippen LogP contribution in [0.4, 0.5) is 0 Å². The lowest BCUT2D eigenvalue weighted by Gasteiger charge is -2.20. The first-order chi connectivity index (χ1) is 9.08. The molecule has 5 heteroatoms. The number of hydrogen-bond acceptors (Lipinski definition) is 4. The molecule has 0 saturated heterocycles. The maximum atomic E-state index is 11.6. The number of hydrazine groups is 1. The second kappa shape index (κ2) is 7.63. The molecule has 0 bridgehead atoms. The first-order valence-corrected chi connectivity index (χ1v) is 6.48. The molecule has 1 aromatic carbocycles. The van der Waals surface area contributed by atoms with Crippen molar-refractivity contribution in [2.75, 3.05) is 6.61 Å². The number of amides is 1. The summed E-state index contributed by atoms with van der Waals surface area (Å²) in [5.74, 6) is 6.25. The smallest absolute Gasteiger partial charge is 0.275 e. The van der Waals surface area contributed by atoms with Gasteiger partial charge in [0.2, 0.25) is 0 Å². The summed E-state index contributed by atoms with van der Waals surface area (Å²) in [7, 11) is 0. The van der Waals surface area contributed by atoms with E-state index in [0.717, 1.165) is 12.2 Å². The first kappa shape index (κ1) is 15.3. The summed E-state index contributed by atoms with van der Waals surface area (Å²) in [6.45, 7) is 6.54. The van der Waals surface area contributed by atoms with Gasteiger partial charge in [-0.15, -0.1) is 0 Å². The van der Waals surface area contributed by atoms with E-state index < -0.39 is 6.10 Å². The fraction of sp³-hybridized carbons (Fsp3) is 0.500. The number of benzene rings is 1. The molecular formula is C14H22N2O3. The molecule has 0 spiro atoms. The maximum absolute atomic E-state index is 11.6. The van der Waals surface area contributed by atoms with Gasteiger partial charge in [0.05, 0.1) is 6.61 Å². The Bertz CT molecular complexity index is 390. The molecule has 0 aromatic heterocycles. The van der Waals surface area contributed by atoms with E-state index in [1.54, 1.807) is 12.1 Å². The van der Waals surface area contributed by atoms with Crippen molar-refractivity contribution in [1.29, 1.82) is 0 Å². The zero-order chi connectivity index (χ0) is 14.3. The number of carbonyl (C=O) groups excluding carboxylic acids is 1. The molecule has 3 N–H and O–H groups in total. The van der Waals surface area contributed by atoms with Crippen molar-refractivity contribution in [1.82, 2.24) is 5.43 Å². The highest BCUT2D eigenvalue weighted by Crippen LogP contribution is 2.20. The van der Waals surface area contributed by atoms with Crippen LogP contribution >= 0.6 is 0 Å². The van der Waals surface area contributed by atoms with Crippen LogP contribution in [0.5, 0.6) is 11.5 Å². The second-order valence-corrected chi connectivity index (χ2v) is 4.61. The Balaban J connectivity index is 2.67. The molecule has 106 valence electrons. The van der Waals surface area contributed by atoms with Crippen LogP contribution in [0.1, 0.15) is 27.2 Å². The van der Waals surface area contributed by atoms with Crippen molar-refractivity contribution >= 4 is 5.91 Å². The van der Waals surface area contributed by atoms with Gasteiger partial charge >= 0.3 is 0 Å². The number of ether oxygens (including phenoxy) is 2. The minimum Gasteiger partial charge on any atom is -0.494 e. The normalized spacial score (nSPS) is 12.1. The maximum Gasteiger partial charge on any atom is 0.275 e. The minimum absolute atomic E-state index is 0.0274. The van der Waals surface area contributed by atoms with Gasteiger partial charge in [0, 0.05) is 0 Å². The van der Waals surface area contributed by atoms with Crippen molar-refractivity contribution in [2.24, 2.45) is 11.8 Å². The fourth-order valence-electron chi connectivity index (χ4n) is 1.56. The molecule has 1 atom stereocenters.